The van der Waals surface area contributed by atoms with Gasteiger partial charge in [-0.1, -0.05) is 11.8 Å². The van der Waals surface area contributed by atoms with Crippen molar-refractivity contribution in [1.82, 2.24) is 19.9 Å². The van der Waals surface area contributed by atoms with Gasteiger partial charge in [-0.05, 0) is 43.5 Å². The van der Waals surface area contributed by atoms with Crippen LogP contribution in [0.5, 0.6) is 5.75 Å². The summed E-state index contributed by atoms with van der Waals surface area (Å²) in [5.41, 5.74) is -1.73. The highest BCUT2D eigenvalue weighted by Gasteiger charge is 2.43. The third-order valence-electron chi connectivity index (χ3n) is 6.61. The second-order valence-corrected chi connectivity index (χ2v) is 15.0. The molecule has 2 unspecified atom stereocenters. The van der Waals surface area contributed by atoms with Crippen LogP contribution in [0.4, 0.5) is 0 Å². The second-order valence-electron chi connectivity index (χ2n) is 10.6. The number of aromatic nitrogens is 2. The first-order chi connectivity index (χ1) is 23.7. The molecule has 3 rings (SSSR count). The number of benzene rings is 1. The number of aliphatic hydroxyl groups excluding tert-OH is 1. The molecule has 2 amide bonds. The Balaban J connectivity index is 1.43. The Morgan fingerprint density at radius 1 is 1.06 bits per heavy atom. The number of H-pyrrole nitrogens is 1. The Morgan fingerprint density at radius 3 is 2.39 bits per heavy atom. The van der Waals surface area contributed by atoms with Crippen molar-refractivity contribution in [3.63, 3.8) is 0 Å². The normalized spacial score (nSPS) is 19.6. The first-order valence-electron chi connectivity index (χ1n) is 14.7. The molecule has 0 spiro atoms. The number of aromatic amines is 1. The summed E-state index contributed by atoms with van der Waals surface area (Å²) in [6.07, 6.45) is -1.31. The fourth-order valence-electron chi connectivity index (χ4n) is 4.30. The number of carbonyl (C=O) groups excluding carboxylic acids is 2. The molecule has 0 bridgehead atoms. The van der Waals surface area contributed by atoms with E-state index in [1.165, 1.54) is 19.2 Å². The lowest BCUT2D eigenvalue weighted by Gasteiger charge is -2.19. The number of carbonyl (C=O) groups is 2. The molecule has 5 atom stereocenters. The van der Waals surface area contributed by atoms with Crippen molar-refractivity contribution in [3.05, 3.63) is 62.4 Å². The van der Waals surface area contributed by atoms with Gasteiger partial charge < -0.3 is 39.5 Å². The minimum atomic E-state index is -5.77. The summed E-state index contributed by atoms with van der Waals surface area (Å²) in [7, 11) is -15.6. The fraction of sp³-hybridized carbons (Fsp3) is 0.462. The van der Waals surface area contributed by atoms with Crippen LogP contribution in [0.25, 0.3) is 0 Å². The van der Waals surface area contributed by atoms with Crippen LogP contribution in [0.3, 0.4) is 0 Å². The van der Waals surface area contributed by atoms with Crippen LogP contribution < -0.4 is 21.3 Å². The van der Waals surface area contributed by atoms with E-state index in [-0.39, 0.29) is 30.9 Å². The third-order valence-corrected chi connectivity index (χ3v) is 10.4. The summed E-state index contributed by atoms with van der Waals surface area (Å²) >= 11 is 0. The number of phosphoric acid groups is 3. The van der Waals surface area contributed by atoms with E-state index in [2.05, 4.69) is 30.3 Å². The zero-order valence-corrected chi connectivity index (χ0v) is 29.3. The van der Waals surface area contributed by atoms with Crippen molar-refractivity contribution in [3.8, 4) is 17.6 Å². The van der Waals surface area contributed by atoms with Crippen molar-refractivity contribution in [2.45, 2.75) is 50.5 Å². The fourth-order valence-corrected chi connectivity index (χ4v) is 7.33. The highest BCUT2D eigenvalue weighted by molar-refractivity contribution is 7.66. The van der Waals surface area contributed by atoms with E-state index < -0.39 is 65.7 Å². The number of amides is 2. The second kappa shape index (κ2) is 18.3. The van der Waals surface area contributed by atoms with Crippen molar-refractivity contribution in [1.29, 1.82) is 0 Å². The molecule has 2 heterocycles. The van der Waals surface area contributed by atoms with Crippen LogP contribution in [0, 0.1) is 11.8 Å². The third kappa shape index (κ3) is 14.2. The number of nitrogens with zero attached hydrogens (tertiary/aromatic N) is 2. The van der Waals surface area contributed by atoms with E-state index in [0.717, 1.165) is 10.8 Å². The van der Waals surface area contributed by atoms with Gasteiger partial charge in [-0.2, -0.15) is 8.62 Å². The highest BCUT2D eigenvalue weighted by atomic mass is 31.3. The molecule has 1 aliphatic rings. The summed E-state index contributed by atoms with van der Waals surface area (Å²) in [4.78, 5) is 86.6. The van der Waals surface area contributed by atoms with Crippen LogP contribution in [0.1, 0.15) is 54.3 Å². The predicted octanol–water partition coefficient (Wildman–Crippen LogP) is 0.0966. The first-order valence-corrected chi connectivity index (χ1v) is 19.2. The maximum Gasteiger partial charge on any atom is 0.490 e. The molecule has 22 nitrogen and oxygen atoms in total. The predicted molar refractivity (Wildman–Crippen MR) is 170 cm³/mol. The lowest BCUT2D eigenvalue weighted by Crippen LogP contribution is -2.33. The van der Waals surface area contributed by atoms with Gasteiger partial charge in [0, 0.05) is 31.6 Å². The molecule has 0 radical (unpaired) electrons. The lowest BCUT2D eigenvalue weighted by atomic mass is 10.2. The minimum absolute atomic E-state index is 0.133. The van der Waals surface area contributed by atoms with E-state index >= 15 is 0 Å². The van der Waals surface area contributed by atoms with Gasteiger partial charge in [0.15, 0.2) is 0 Å². The highest BCUT2D eigenvalue weighted by Crippen LogP contribution is 2.66. The average molecular weight is 784 g/mol. The molecule has 1 aromatic heterocycles. The number of hydroxylamine groups is 2. The Bertz CT molecular complexity index is 1860. The van der Waals surface area contributed by atoms with Crippen LogP contribution in [-0.4, -0.2) is 95.3 Å². The quantitative estimate of drug-likeness (QED) is 0.0346. The summed E-state index contributed by atoms with van der Waals surface area (Å²) in [6.45, 7) is -0.722. The Kier molecular flexibility index (Phi) is 15.0. The molecule has 282 valence electrons. The van der Waals surface area contributed by atoms with Crippen LogP contribution in [0.15, 0.2) is 40.1 Å². The molecule has 1 aliphatic heterocycles. The van der Waals surface area contributed by atoms with E-state index in [0.29, 0.717) is 42.2 Å². The topological polar surface area (TPSA) is 323 Å². The minimum Gasteiger partial charge on any atom is -0.494 e. The summed E-state index contributed by atoms with van der Waals surface area (Å²) in [5.74, 6) is 4.79. The van der Waals surface area contributed by atoms with Gasteiger partial charge in [0.25, 0.3) is 11.5 Å². The van der Waals surface area contributed by atoms with Gasteiger partial charge >= 0.3 is 29.2 Å². The number of hydrogen-bond acceptors (Lipinski definition) is 14. The molecular formula is C26H35N4O18P3. The van der Waals surface area contributed by atoms with E-state index in [9.17, 15) is 53.0 Å². The molecule has 8 N–H and O–H groups in total. The molecule has 1 saturated heterocycles. The van der Waals surface area contributed by atoms with Crippen LogP contribution in [-0.2, 0) is 36.4 Å². The van der Waals surface area contributed by atoms with Crippen LogP contribution in [0.2, 0.25) is 0 Å². The van der Waals surface area contributed by atoms with Crippen molar-refractivity contribution in [2.75, 3.05) is 26.8 Å². The number of unbranched alkanes of at least 4 members (excludes halogenated alkanes) is 2. The van der Waals surface area contributed by atoms with Gasteiger partial charge in [0.05, 0.1) is 25.9 Å². The van der Waals surface area contributed by atoms with Gasteiger partial charge in [0.2, 0.25) is 5.91 Å². The van der Waals surface area contributed by atoms with Crippen LogP contribution >= 0.6 is 23.5 Å². The van der Waals surface area contributed by atoms with Gasteiger partial charge in [-0.15, -0.1) is 0 Å². The van der Waals surface area contributed by atoms with Crippen molar-refractivity contribution < 1.29 is 75.8 Å². The van der Waals surface area contributed by atoms with E-state index in [1.54, 1.807) is 12.1 Å². The molecule has 0 aliphatic carbocycles. The maximum atomic E-state index is 12.4. The molecule has 1 fully saturated rings. The van der Waals surface area contributed by atoms with Gasteiger partial charge in [-0.25, -0.2) is 23.6 Å². The smallest absolute Gasteiger partial charge is 0.490 e. The number of ether oxygens (including phenoxy) is 2. The Hall–Kier alpha value is -3.51. The number of nitrogens with one attached hydrogen (secondary N) is 2. The van der Waals surface area contributed by atoms with Gasteiger partial charge in [0.1, 0.15) is 23.6 Å². The zero-order chi connectivity index (χ0) is 38.0. The summed E-state index contributed by atoms with van der Waals surface area (Å²) in [5, 5.41) is 22.6. The molecule has 1 aromatic carbocycles. The van der Waals surface area contributed by atoms with E-state index in [4.69, 9.17) is 19.3 Å². The molecule has 51 heavy (non-hydrogen) atoms. The van der Waals surface area contributed by atoms with E-state index in [1.807, 2.05) is 4.98 Å². The zero-order valence-electron chi connectivity index (χ0n) is 26.6. The Labute approximate surface area is 288 Å². The van der Waals surface area contributed by atoms with Gasteiger partial charge in [-0.3, -0.25) is 33.7 Å². The number of aliphatic hydroxyl groups is 1. The maximum absolute atomic E-state index is 12.4. The lowest BCUT2D eigenvalue weighted by molar-refractivity contribution is -0.121. The SMILES string of the molecule is CN(O)C(=O)c1ccc(OCCCCCC(=O)NCC#Cc2cn([C@H]3C[C@H](O)[C@@H](COP(=O)(O)OP(=O)(O)OP(=O)(O)O)O3)c(=O)[nH]c2=O)cc1. The summed E-state index contributed by atoms with van der Waals surface area (Å²) < 4.78 is 57.8. The average Bonchev–Trinajstić information content (AvgIpc) is 3.38. The number of rotatable bonds is 17. The largest absolute Gasteiger partial charge is 0.494 e. The molecule has 2 aromatic rings. The Morgan fingerprint density at radius 2 is 1.75 bits per heavy atom. The standard InChI is InChI=1S/C26H35N4O18P3/c1-29(36)25(34)17-8-10-19(11-9-17)44-13-4-2-3-7-22(32)27-12-5-6-18-15-30(26(35)28-24(18)33)23-14-20(31)21(46-23)16-45-50(40,41)48-51(42,43)47-49(37,38)39/h8-11,15,20-21,23,31,36H,2-4,7,12-14,16H2,1H3,(H,27,32)(H,40,41)(H,42,43)(H,28,33,35)(H2,37,38,39)/t20-,21+,23+/m0/s1. The molecule has 25 heteroatoms. The monoisotopic (exact) mass is 784 g/mol. The van der Waals surface area contributed by atoms with Crippen molar-refractivity contribution in [2.24, 2.45) is 0 Å². The summed E-state index contributed by atoms with van der Waals surface area (Å²) in [6, 6.07) is 6.25. The number of phosphoric ester groups is 1. The molecular weight excluding hydrogens is 749 g/mol. The first kappa shape index (κ1) is 41.9. The number of hydrogen-bond donors (Lipinski definition) is 8. The van der Waals surface area contributed by atoms with Crippen molar-refractivity contribution >= 4 is 35.3 Å². The molecule has 0 saturated carbocycles.